The number of rotatable bonds is 5. The van der Waals surface area contributed by atoms with Crippen LogP contribution >= 0.6 is 0 Å². The molecule has 1 aromatic rings. The summed E-state index contributed by atoms with van der Waals surface area (Å²) >= 11 is 0. The van der Waals surface area contributed by atoms with Crippen LogP contribution in [-0.4, -0.2) is 39.5 Å². The molecule has 1 aromatic carbocycles. The standard InChI is InChI=1S/C14H21FN2O3S/c1-17(10-11-4-6-20-7-5-11)21(18,19)14-8-12(9-16)2-3-13(14)15/h2-3,8,11H,4-7,9-10,16H2,1H3. The molecule has 1 aliphatic heterocycles. The molecule has 5 nitrogen and oxygen atoms in total. The van der Waals surface area contributed by atoms with Gasteiger partial charge in [-0.3, -0.25) is 0 Å². The quantitative estimate of drug-likeness (QED) is 0.889. The number of ether oxygens (including phenoxy) is 1. The zero-order valence-electron chi connectivity index (χ0n) is 12.1. The Morgan fingerprint density at radius 3 is 2.67 bits per heavy atom. The third kappa shape index (κ3) is 3.79. The van der Waals surface area contributed by atoms with Crippen molar-refractivity contribution in [1.29, 1.82) is 0 Å². The number of benzene rings is 1. The molecule has 0 aliphatic carbocycles. The smallest absolute Gasteiger partial charge is 0.245 e. The summed E-state index contributed by atoms with van der Waals surface area (Å²) in [6.45, 7) is 1.84. The van der Waals surface area contributed by atoms with E-state index < -0.39 is 15.8 Å². The fourth-order valence-electron chi connectivity index (χ4n) is 2.43. The monoisotopic (exact) mass is 316 g/mol. The van der Waals surface area contributed by atoms with E-state index in [4.69, 9.17) is 10.5 Å². The van der Waals surface area contributed by atoms with E-state index >= 15 is 0 Å². The molecule has 1 aliphatic rings. The zero-order chi connectivity index (χ0) is 15.5. The van der Waals surface area contributed by atoms with Gasteiger partial charge in [-0.25, -0.2) is 17.1 Å². The number of halogens is 1. The maximum Gasteiger partial charge on any atom is 0.245 e. The Balaban J connectivity index is 2.20. The highest BCUT2D eigenvalue weighted by atomic mass is 32.2. The van der Waals surface area contributed by atoms with Crippen molar-refractivity contribution in [3.8, 4) is 0 Å². The Morgan fingerprint density at radius 1 is 1.38 bits per heavy atom. The molecule has 118 valence electrons. The van der Waals surface area contributed by atoms with Crippen molar-refractivity contribution in [2.75, 3.05) is 26.8 Å². The normalized spacial score (nSPS) is 17.3. The van der Waals surface area contributed by atoms with E-state index in [9.17, 15) is 12.8 Å². The Morgan fingerprint density at radius 2 is 2.05 bits per heavy atom. The van der Waals surface area contributed by atoms with Crippen LogP contribution in [-0.2, 0) is 21.3 Å². The third-order valence-corrected chi connectivity index (χ3v) is 5.61. The van der Waals surface area contributed by atoms with E-state index in [1.54, 1.807) is 0 Å². The zero-order valence-corrected chi connectivity index (χ0v) is 12.9. The first-order chi connectivity index (χ1) is 9.95. The first kappa shape index (κ1) is 16.4. The van der Waals surface area contributed by atoms with E-state index in [1.807, 2.05) is 0 Å². The van der Waals surface area contributed by atoms with Gasteiger partial charge in [0.2, 0.25) is 10.0 Å². The van der Waals surface area contributed by atoms with Gasteiger partial charge in [-0.15, -0.1) is 0 Å². The van der Waals surface area contributed by atoms with Crippen molar-refractivity contribution in [1.82, 2.24) is 4.31 Å². The van der Waals surface area contributed by atoms with Crippen LogP contribution in [0.3, 0.4) is 0 Å². The van der Waals surface area contributed by atoms with Gasteiger partial charge in [0, 0.05) is 33.4 Å². The van der Waals surface area contributed by atoms with Crippen molar-refractivity contribution in [3.63, 3.8) is 0 Å². The average molecular weight is 316 g/mol. The lowest BCUT2D eigenvalue weighted by Crippen LogP contribution is -2.34. The summed E-state index contributed by atoms with van der Waals surface area (Å²) in [5.74, 6) is -0.495. The minimum atomic E-state index is -3.84. The van der Waals surface area contributed by atoms with Crippen LogP contribution in [0.25, 0.3) is 0 Å². The number of sulfonamides is 1. The topological polar surface area (TPSA) is 72.6 Å². The Bertz CT molecular complexity index is 586. The Kier molecular flexibility index (Phi) is 5.32. The lowest BCUT2D eigenvalue weighted by molar-refractivity contribution is 0.0620. The van der Waals surface area contributed by atoms with Crippen LogP contribution in [0, 0.1) is 11.7 Å². The predicted octanol–water partition coefficient (Wildman–Crippen LogP) is 1.33. The van der Waals surface area contributed by atoms with Crippen LogP contribution in [0.5, 0.6) is 0 Å². The van der Waals surface area contributed by atoms with Crippen molar-refractivity contribution < 1.29 is 17.5 Å². The van der Waals surface area contributed by atoms with Gasteiger partial charge in [0.05, 0.1) is 0 Å². The molecule has 2 N–H and O–H groups in total. The number of hydrogen-bond acceptors (Lipinski definition) is 4. The molecule has 0 saturated carbocycles. The molecular formula is C14H21FN2O3S. The third-order valence-electron chi connectivity index (χ3n) is 3.78. The molecule has 0 amide bonds. The molecule has 0 radical (unpaired) electrons. The van der Waals surface area contributed by atoms with Crippen LogP contribution in [0.1, 0.15) is 18.4 Å². The van der Waals surface area contributed by atoms with Crippen molar-refractivity contribution in [2.45, 2.75) is 24.3 Å². The van der Waals surface area contributed by atoms with Crippen molar-refractivity contribution >= 4 is 10.0 Å². The molecule has 0 aromatic heterocycles. The lowest BCUT2D eigenvalue weighted by Gasteiger charge is -2.26. The molecule has 2 rings (SSSR count). The summed E-state index contributed by atoms with van der Waals surface area (Å²) in [6, 6.07) is 3.95. The van der Waals surface area contributed by atoms with Gasteiger partial charge in [0.1, 0.15) is 10.7 Å². The number of nitrogens with zero attached hydrogens (tertiary/aromatic N) is 1. The van der Waals surface area contributed by atoms with E-state index in [0.29, 0.717) is 25.3 Å². The second-order valence-electron chi connectivity index (χ2n) is 5.31. The highest BCUT2D eigenvalue weighted by molar-refractivity contribution is 7.89. The summed E-state index contributed by atoms with van der Waals surface area (Å²) in [6.07, 6.45) is 1.65. The van der Waals surface area contributed by atoms with Crippen LogP contribution in [0.15, 0.2) is 23.1 Å². The molecule has 0 atom stereocenters. The first-order valence-electron chi connectivity index (χ1n) is 6.97. The van der Waals surface area contributed by atoms with Crippen LogP contribution in [0.2, 0.25) is 0 Å². The second kappa shape index (κ2) is 6.83. The highest BCUT2D eigenvalue weighted by Crippen LogP contribution is 2.23. The number of hydrogen-bond donors (Lipinski definition) is 1. The molecule has 21 heavy (non-hydrogen) atoms. The van der Waals surface area contributed by atoms with Gasteiger partial charge in [0.25, 0.3) is 0 Å². The van der Waals surface area contributed by atoms with E-state index in [2.05, 4.69) is 0 Å². The second-order valence-corrected chi connectivity index (χ2v) is 7.32. The molecule has 0 unspecified atom stereocenters. The predicted molar refractivity (Wildman–Crippen MR) is 77.7 cm³/mol. The van der Waals surface area contributed by atoms with Gasteiger partial charge < -0.3 is 10.5 Å². The molecule has 7 heteroatoms. The van der Waals surface area contributed by atoms with Crippen LogP contribution in [0.4, 0.5) is 4.39 Å². The molecular weight excluding hydrogens is 295 g/mol. The average Bonchev–Trinajstić information content (AvgIpc) is 2.48. The van der Waals surface area contributed by atoms with Gasteiger partial charge in [-0.05, 0) is 36.5 Å². The van der Waals surface area contributed by atoms with Gasteiger partial charge >= 0.3 is 0 Å². The molecule has 1 heterocycles. The number of nitrogens with two attached hydrogens (primary N) is 1. The molecule has 0 spiro atoms. The highest BCUT2D eigenvalue weighted by Gasteiger charge is 2.27. The fraction of sp³-hybridized carbons (Fsp3) is 0.571. The SMILES string of the molecule is CN(CC1CCOCC1)S(=O)(=O)c1cc(CN)ccc1F. The van der Waals surface area contributed by atoms with Crippen molar-refractivity contribution in [3.05, 3.63) is 29.6 Å². The summed E-state index contributed by atoms with van der Waals surface area (Å²) in [4.78, 5) is -0.306. The Labute approximate surface area is 124 Å². The molecule has 1 fully saturated rings. The van der Waals surface area contributed by atoms with E-state index in [-0.39, 0.29) is 17.4 Å². The van der Waals surface area contributed by atoms with Crippen LogP contribution < -0.4 is 5.73 Å². The maximum absolute atomic E-state index is 13.9. The summed E-state index contributed by atoms with van der Waals surface area (Å²) in [7, 11) is -2.35. The van der Waals surface area contributed by atoms with E-state index in [1.165, 1.54) is 23.5 Å². The minimum Gasteiger partial charge on any atom is -0.381 e. The fourth-order valence-corrected chi connectivity index (χ4v) is 3.79. The van der Waals surface area contributed by atoms with Gasteiger partial charge in [-0.1, -0.05) is 6.07 Å². The largest absolute Gasteiger partial charge is 0.381 e. The molecule has 0 bridgehead atoms. The summed E-state index contributed by atoms with van der Waals surface area (Å²) in [5, 5.41) is 0. The first-order valence-corrected chi connectivity index (χ1v) is 8.41. The van der Waals surface area contributed by atoms with Crippen molar-refractivity contribution in [2.24, 2.45) is 11.7 Å². The van der Waals surface area contributed by atoms with Gasteiger partial charge in [-0.2, -0.15) is 0 Å². The minimum absolute atomic E-state index is 0.173. The van der Waals surface area contributed by atoms with E-state index in [0.717, 1.165) is 18.9 Å². The summed E-state index contributed by atoms with van der Waals surface area (Å²) < 4.78 is 45.4. The lowest BCUT2D eigenvalue weighted by atomic mass is 10.0. The summed E-state index contributed by atoms with van der Waals surface area (Å²) in [5.41, 5.74) is 6.08. The van der Waals surface area contributed by atoms with Gasteiger partial charge in [0.15, 0.2) is 0 Å². The molecule has 1 saturated heterocycles. The maximum atomic E-state index is 13.9. The Hall–Kier alpha value is -1.02.